The van der Waals surface area contributed by atoms with E-state index in [0.29, 0.717) is 13.1 Å². The van der Waals surface area contributed by atoms with Gasteiger partial charge in [-0.2, -0.15) is 0 Å². The number of carbonyl (C=O) groups is 3. The lowest BCUT2D eigenvalue weighted by Gasteiger charge is -2.18. The van der Waals surface area contributed by atoms with E-state index >= 15 is 0 Å². The van der Waals surface area contributed by atoms with Gasteiger partial charge < -0.3 is 5.32 Å². The molecule has 0 amide bonds. The Balaban J connectivity index is 2.71. The van der Waals surface area contributed by atoms with Crippen molar-refractivity contribution in [1.29, 1.82) is 0 Å². The Morgan fingerprint density at radius 3 is 2.05 bits per heavy atom. The zero-order chi connectivity index (χ0) is 15.8. The van der Waals surface area contributed by atoms with Crippen LogP contribution in [-0.2, 0) is 28.9 Å². The summed E-state index contributed by atoms with van der Waals surface area (Å²) < 4.78 is 0. The maximum absolute atomic E-state index is 11.6. The molecule has 0 unspecified atom stereocenters. The maximum Gasteiger partial charge on any atom is 0.346 e. The predicted octanol–water partition coefficient (Wildman–Crippen LogP) is -2.24. The zero-order valence-corrected chi connectivity index (χ0v) is 12.3. The molecular formula is C11H20N4O6. The second-order valence-corrected chi connectivity index (χ2v) is 4.62. The van der Waals surface area contributed by atoms with Gasteiger partial charge in [0, 0.05) is 13.1 Å². The first-order valence-electron chi connectivity index (χ1n) is 6.35. The molecule has 1 N–H and O–H groups in total. The van der Waals surface area contributed by atoms with Crippen LogP contribution >= 0.6 is 0 Å². The minimum atomic E-state index is -0.769. The fourth-order valence-electron chi connectivity index (χ4n) is 1.48. The normalized spacial score (nSPS) is 20.3. The van der Waals surface area contributed by atoms with Gasteiger partial charge in [0.25, 0.3) is 0 Å². The molecular weight excluding hydrogens is 284 g/mol. The number of likely N-dealkylation sites (N-methyl/N-ethyl adjacent to an activating group) is 3. The quantitative estimate of drug-likeness (QED) is 0.616. The summed E-state index contributed by atoms with van der Waals surface area (Å²) in [5.74, 6) is -2.20. The highest BCUT2D eigenvalue weighted by molar-refractivity contribution is 5.74. The van der Waals surface area contributed by atoms with E-state index in [9.17, 15) is 14.4 Å². The van der Waals surface area contributed by atoms with Crippen LogP contribution in [0.5, 0.6) is 0 Å². The van der Waals surface area contributed by atoms with Gasteiger partial charge in [-0.05, 0) is 21.1 Å². The van der Waals surface area contributed by atoms with Crippen molar-refractivity contribution in [2.24, 2.45) is 0 Å². The lowest BCUT2D eigenvalue weighted by molar-refractivity contribution is -0.463. The Morgan fingerprint density at radius 1 is 1.14 bits per heavy atom. The number of carbonyl (C=O) groups excluding carboxylic acids is 3. The van der Waals surface area contributed by atoms with Crippen molar-refractivity contribution in [3.8, 4) is 0 Å². The topological polar surface area (TPSA) is 101 Å². The molecule has 10 nitrogen and oxygen atoms in total. The molecule has 0 spiro atoms. The van der Waals surface area contributed by atoms with Crippen LogP contribution in [0.1, 0.15) is 0 Å². The van der Waals surface area contributed by atoms with Crippen LogP contribution in [0.2, 0.25) is 0 Å². The largest absolute Gasteiger partial charge is 0.346 e. The van der Waals surface area contributed by atoms with Crippen LogP contribution in [0.15, 0.2) is 0 Å². The number of nitrogens with zero attached hydrogens (tertiary/aromatic N) is 3. The van der Waals surface area contributed by atoms with Crippen LogP contribution in [0.3, 0.4) is 0 Å². The van der Waals surface area contributed by atoms with Crippen LogP contribution in [0.25, 0.3) is 0 Å². The van der Waals surface area contributed by atoms with Crippen molar-refractivity contribution in [3.63, 3.8) is 0 Å². The summed E-state index contributed by atoms with van der Waals surface area (Å²) in [5.41, 5.74) is 0. The monoisotopic (exact) mass is 304 g/mol. The first-order chi connectivity index (χ1) is 9.90. The van der Waals surface area contributed by atoms with E-state index in [1.54, 1.807) is 23.9 Å². The van der Waals surface area contributed by atoms with Crippen LogP contribution in [0, 0.1) is 0 Å². The van der Waals surface area contributed by atoms with Gasteiger partial charge in [-0.1, -0.05) is 0 Å². The van der Waals surface area contributed by atoms with Crippen LogP contribution in [0.4, 0.5) is 0 Å². The highest BCUT2D eigenvalue weighted by atomic mass is 17.2. The van der Waals surface area contributed by atoms with E-state index in [4.69, 9.17) is 9.68 Å². The molecule has 0 bridgehead atoms. The van der Waals surface area contributed by atoms with E-state index in [1.807, 2.05) is 0 Å². The first kappa shape index (κ1) is 17.3. The molecule has 0 aliphatic carbocycles. The van der Waals surface area contributed by atoms with Gasteiger partial charge in [0.05, 0.1) is 19.6 Å². The molecule has 1 rings (SSSR count). The second kappa shape index (κ2) is 8.52. The Hall–Kier alpha value is -1.75. The van der Waals surface area contributed by atoms with Gasteiger partial charge in [-0.25, -0.2) is 14.4 Å². The summed E-state index contributed by atoms with van der Waals surface area (Å²) in [6, 6.07) is 0. The van der Waals surface area contributed by atoms with Crippen molar-refractivity contribution in [2.45, 2.75) is 0 Å². The van der Waals surface area contributed by atoms with E-state index in [0.717, 1.165) is 0 Å². The van der Waals surface area contributed by atoms with Crippen molar-refractivity contribution < 1.29 is 28.9 Å². The zero-order valence-electron chi connectivity index (χ0n) is 12.3. The first-order valence-corrected chi connectivity index (χ1v) is 6.35. The summed E-state index contributed by atoms with van der Waals surface area (Å²) in [5, 5.41) is 2.71. The lowest BCUT2D eigenvalue weighted by Crippen LogP contribution is -2.38. The molecule has 1 aliphatic rings. The summed E-state index contributed by atoms with van der Waals surface area (Å²) in [4.78, 5) is 52.1. The molecule has 120 valence electrons. The standard InChI is InChI=1S/C11H20N4O6/c1-12-6-9(16)19-15-20-10(17)7-13(2)4-5-14(3)8-11(18)21-15/h12H,4-8H2,1-3H3. The average molecular weight is 304 g/mol. The molecule has 0 radical (unpaired) electrons. The van der Waals surface area contributed by atoms with Crippen molar-refractivity contribution in [1.82, 2.24) is 20.5 Å². The smallest absolute Gasteiger partial charge is 0.310 e. The number of nitrogens with one attached hydrogen (secondary N) is 1. The molecule has 0 aromatic heterocycles. The van der Waals surface area contributed by atoms with Crippen molar-refractivity contribution >= 4 is 17.9 Å². The van der Waals surface area contributed by atoms with Crippen LogP contribution < -0.4 is 5.32 Å². The number of hydrogen-bond acceptors (Lipinski definition) is 10. The summed E-state index contributed by atoms with van der Waals surface area (Å²) >= 11 is 0. The van der Waals surface area contributed by atoms with Crippen molar-refractivity contribution in [2.75, 3.05) is 53.9 Å². The third-order valence-electron chi connectivity index (χ3n) is 2.51. The minimum absolute atomic E-state index is 0.0362. The highest BCUT2D eigenvalue weighted by Crippen LogP contribution is 2.01. The van der Waals surface area contributed by atoms with E-state index in [2.05, 4.69) is 10.2 Å². The molecule has 1 fully saturated rings. The molecule has 21 heavy (non-hydrogen) atoms. The maximum atomic E-state index is 11.6. The van der Waals surface area contributed by atoms with E-state index < -0.39 is 17.9 Å². The summed E-state index contributed by atoms with van der Waals surface area (Å²) in [6.45, 7) is 0.930. The predicted molar refractivity (Wildman–Crippen MR) is 69.0 cm³/mol. The Bertz CT molecular complexity index is 365. The Morgan fingerprint density at radius 2 is 1.62 bits per heavy atom. The number of rotatable bonds is 3. The fourth-order valence-corrected chi connectivity index (χ4v) is 1.48. The summed E-state index contributed by atoms with van der Waals surface area (Å²) in [7, 11) is 5.00. The fraction of sp³-hybridized carbons (Fsp3) is 0.727. The number of hydrogen-bond donors (Lipinski definition) is 1. The molecule has 10 heteroatoms. The summed E-state index contributed by atoms with van der Waals surface area (Å²) in [6.07, 6.45) is 0. The van der Waals surface area contributed by atoms with Crippen LogP contribution in [-0.4, -0.2) is 87.0 Å². The minimum Gasteiger partial charge on any atom is -0.310 e. The second-order valence-electron chi connectivity index (χ2n) is 4.62. The Labute approximate surface area is 122 Å². The Kier molecular flexibility index (Phi) is 7.02. The average Bonchev–Trinajstić information content (AvgIpc) is 2.36. The molecule has 0 aromatic carbocycles. The molecule has 0 atom stereocenters. The molecule has 0 aromatic rings. The van der Waals surface area contributed by atoms with Gasteiger partial charge >= 0.3 is 17.9 Å². The van der Waals surface area contributed by atoms with Gasteiger partial charge in [-0.15, -0.1) is 0 Å². The molecule has 1 saturated heterocycles. The van der Waals surface area contributed by atoms with Gasteiger partial charge in [-0.3, -0.25) is 24.3 Å². The SMILES string of the molecule is CNCC(=O)ON1OC(=O)CN(C)CCN(C)CC(=O)O1. The molecule has 1 heterocycles. The van der Waals surface area contributed by atoms with E-state index in [-0.39, 0.29) is 25.0 Å². The van der Waals surface area contributed by atoms with Gasteiger partial charge in [0.2, 0.25) is 5.39 Å². The third kappa shape index (κ3) is 6.99. The van der Waals surface area contributed by atoms with Gasteiger partial charge in [0.1, 0.15) is 0 Å². The highest BCUT2D eigenvalue weighted by Gasteiger charge is 2.24. The lowest BCUT2D eigenvalue weighted by atomic mass is 10.4. The van der Waals surface area contributed by atoms with Crippen molar-refractivity contribution in [3.05, 3.63) is 0 Å². The van der Waals surface area contributed by atoms with Gasteiger partial charge in [0.15, 0.2) is 0 Å². The van der Waals surface area contributed by atoms with E-state index in [1.165, 1.54) is 7.05 Å². The molecule has 0 saturated carbocycles. The molecule has 1 aliphatic heterocycles. The third-order valence-corrected chi connectivity index (χ3v) is 2.51.